The average molecular weight is 634 g/mol. The minimum Gasteiger partial charge on any atom is -0.494 e. The van der Waals surface area contributed by atoms with Gasteiger partial charge < -0.3 is 24.8 Å². The first-order valence-corrected chi connectivity index (χ1v) is 14.4. The van der Waals surface area contributed by atoms with E-state index in [1.807, 2.05) is 0 Å². The van der Waals surface area contributed by atoms with Crippen LogP contribution in [-0.4, -0.2) is 45.4 Å². The molecule has 1 aromatic heterocycles. The van der Waals surface area contributed by atoms with Gasteiger partial charge in [-0.3, -0.25) is 4.84 Å². The lowest BCUT2D eigenvalue weighted by atomic mass is 9.99. The minimum absolute atomic E-state index is 0.153. The van der Waals surface area contributed by atoms with E-state index in [-0.39, 0.29) is 34.3 Å². The summed E-state index contributed by atoms with van der Waals surface area (Å²) in [5.74, 6) is -2.42. The first-order chi connectivity index (χ1) is 22.1. The number of H-pyrrole nitrogens is 1. The maximum Gasteiger partial charge on any atom is 0.343 e. The topological polar surface area (TPSA) is 81.9 Å². The second-order valence-corrected chi connectivity index (χ2v) is 11.1. The summed E-state index contributed by atoms with van der Waals surface area (Å²) in [5.41, 5.74) is 4.49. The molecule has 6 rings (SSSR count). The van der Waals surface area contributed by atoms with Crippen LogP contribution in [0.25, 0.3) is 33.3 Å². The zero-order valence-electron chi connectivity index (χ0n) is 25.5. The Bertz CT molecular complexity index is 1940. The Morgan fingerprint density at radius 1 is 0.848 bits per heavy atom. The number of ether oxygens (including phenoxy) is 1. The summed E-state index contributed by atoms with van der Waals surface area (Å²) < 4.78 is 67.8. The molecule has 2 amide bonds. The van der Waals surface area contributed by atoms with Gasteiger partial charge in [-0.1, -0.05) is 6.07 Å². The highest BCUT2D eigenvalue weighted by molar-refractivity contribution is 6.06. The predicted molar refractivity (Wildman–Crippen MR) is 171 cm³/mol. The molecule has 238 valence electrons. The number of methoxy groups -OCH3 is 1. The molecule has 0 unspecified atom stereocenters. The van der Waals surface area contributed by atoms with Gasteiger partial charge in [-0.15, -0.1) is 0 Å². The Morgan fingerprint density at radius 3 is 2.15 bits per heavy atom. The van der Waals surface area contributed by atoms with Gasteiger partial charge in [-0.05, 0) is 73.5 Å². The first kappa shape index (κ1) is 30.8. The molecule has 46 heavy (non-hydrogen) atoms. The fourth-order valence-electron chi connectivity index (χ4n) is 5.62. The maximum atomic E-state index is 15.7. The molecule has 5 aromatic rings. The van der Waals surface area contributed by atoms with Crippen molar-refractivity contribution in [3.05, 3.63) is 90.0 Å². The molecule has 0 aliphatic heterocycles. The van der Waals surface area contributed by atoms with Crippen molar-refractivity contribution in [3.8, 4) is 28.1 Å². The van der Waals surface area contributed by atoms with Crippen LogP contribution in [0, 0.1) is 23.3 Å². The molecule has 1 heterocycles. The van der Waals surface area contributed by atoms with Crippen LogP contribution in [0.2, 0.25) is 0 Å². The van der Waals surface area contributed by atoms with E-state index in [0.717, 1.165) is 6.07 Å². The van der Waals surface area contributed by atoms with Crippen LogP contribution >= 0.6 is 0 Å². The molecule has 1 saturated carbocycles. The molecular weight excluding hydrogens is 602 g/mol. The van der Waals surface area contributed by atoms with E-state index in [1.54, 1.807) is 48.2 Å². The number of carbonyl (C=O) groups excluding carboxylic acids is 1. The number of hydrogen-bond acceptors (Lipinski definition) is 5. The van der Waals surface area contributed by atoms with Gasteiger partial charge in [0.25, 0.3) is 0 Å². The highest BCUT2D eigenvalue weighted by atomic mass is 19.1. The Kier molecular flexibility index (Phi) is 8.22. The first-order valence-electron chi connectivity index (χ1n) is 14.4. The van der Waals surface area contributed by atoms with Gasteiger partial charge in [0.05, 0.1) is 25.4 Å². The smallest absolute Gasteiger partial charge is 0.343 e. The van der Waals surface area contributed by atoms with E-state index in [2.05, 4.69) is 20.6 Å². The molecular formula is C34H31F4N5O3. The quantitative estimate of drug-likeness (QED) is 0.113. The monoisotopic (exact) mass is 633 g/mol. The van der Waals surface area contributed by atoms with E-state index in [0.29, 0.717) is 46.4 Å². The molecule has 1 aliphatic carbocycles. The van der Waals surface area contributed by atoms with Crippen LogP contribution in [0.5, 0.6) is 5.75 Å². The van der Waals surface area contributed by atoms with Crippen molar-refractivity contribution >= 4 is 39.7 Å². The van der Waals surface area contributed by atoms with Crippen molar-refractivity contribution < 1.29 is 31.9 Å². The van der Waals surface area contributed by atoms with Crippen LogP contribution in [0.3, 0.4) is 0 Å². The number of hydroxylamine groups is 1. The van der Waals surface area contributed by atoms with Crippen LogP contribution in [0.1, 0.15) is 12.8 Å². The number of hydrogen-bond donors (Lipinski definition) is 3. The summed E-state index contributed by atoms with van der Waals surface area (Å²) in [4.78, 5) is 23.0. The number of aromatic amines is 1. The van der Waals surface area contributed by atoms with E-state index >= 15 is 17.6 Å². The van der Waals surface area contributed by atoms with Gasteiger partial charge in [0.15, 0.2) is 5.75 Å². The van der Waals surface area contributed by atoms with E-state index in [4.69, 9.17) is 4.74 Å². The van der Waals surface area contributed by atoms with Crippen LogP contribution in [0.15, 0.2) is 66.7 Å². The summed E-state index contributed by atoms with van der Waals surface area (Å²) in [6.07, 6.45) is 1.36. The van der Waals surface area contributed by atoms with Crippen molar-refractivity contribution in [2.24, 2.45) is 0 Å². The van der Waals surface area contributed by atoms with Crippen LogP contribution in [-0.2, 0) is 4.84 Å². The lowest BCUT2D eigenvalue weighted by Gasteiger charge is -2.28. The number of rotatable bonds is 9. The molecule has 1 fully saturated rings. The SMILES string of the molecule is CONC(=O)Nc1ccc(-c2cc3c(N(c4c(F)cccc4F)C4CC4)cc(-c4ccc(N(C)C)cc4F)c(OC)c3[nH]2)c(F)c1. The van der Waals surface area contributed by atoms with E-state index in [9.17, 15) is 4.79 Å². The maximum absolute atomic E-state index is 15.7. The Morgan fingerprint density at radius 2 is 1.54 bits per heavy atom. The number of carbonyl (C=O) groups is 1. The highest BCUT2D eigenvalue weighted by Gasteiger charge is 2.36. The molecule has 8 nitrogen and oxygen atoms in total. The van der Waals surface area contributed by atoms with Crippen molar-refractivity contribution in [1.82, 2.24) is 10.5 Å². The summed E-state index contributed by atoms with van der Waals surface area (Å²) in [7, 11) is 6.30. The lowest BCUT2D eigenvalue weighted by Crippen LogP contribution is -2.27. The number of halogens is 4. The molecule has 0 spiro atoms. The minimum atomic E-state index is -0.749. The molecule has 0 atom stereocenters. The second kappa shape index (κ2) is 12.3. The average Bonchev–Trinajstić information content (AvgIpc) is 3.75. The molecule has 4 aromatic carbocycles. The number of nitrogens with one attached hydrogen (secondary N) is 3. The molecule has 0 radical (unpaired) electrons. The number of anilines is 4. The molecule has 0 bridgehead atoms. The fourth-order valence-corrected chi connectivity index (χ4v) is 5.62. The van der Waals surface area contributed by atoms with Crippen LogP contribution < -0.4 is 25.3 Å². The van der Waals surface area contributed by atoms with Crippen LogP contribution in [0.4, 0.5) is 45.1 Å². The highest BCUT2D eigenvalue weighted by Crippen LogP contribution is 2.49. The normalized spacial score (nSPS) is 12.7. The zero-order chi connectivity index (χ0) is 32.7. The second-order valence-electron chi connectivity index (χ2n) is 11.1. The molecule has 0 saturated heterocycles. The van der Waals surface area contributed by atoms with Gasteiger partial charge in [-0.2, -0.15) is 0 Å². The third-order valence-corrected chi connectivity index (χ3v) is 7.87. The van der Waals surface area contributed by atoms with Crippen molar-refractivity contribution in [1.29, 1.82) is 0 Å². The fraction of sp³-hybridized carbons (Fsp3) is 0.206. The number of aromatic nitrogens is 1. The van der Waals surface area contributed by atoms with E-state index in [1.165, 1.54) is 50.6 Å². The van der Waals surface area contributed by atoms with E-state index < -0.39 is 29.3 Å². The standard InChI is InChI=1S/C34H31F4N5O3/c1-42(2)20-11-13-21(28(38)15-20)23-17-30(43(19-9-10-19)32-25(35)6-5-7-26(32)36)24-16-29(40-31(24)33(23)45-3)22-12-8-18(14-27(22)37)39-34(44)41-46-4/h5-8,11-17,19,40H,9-10H2,1-4H3,(H2,39,41,44). The van der Waals surface area contributed by atoms with Gasteiger partial charge in [0.2, 0.25) is 0 Å². The summed E-state index contributed by atoms with van der Waals surface area (Å²) in [6, 6.07) is 15.0. The van der Waals surface area contributed by atoms with Gasteiger partial charge >= 0.3 is 6.03 Å². The number of urea groups is 1. The molecule has 3 N–H and O–H groups in total. The van der Waals surface area contributed by atoms with Gasteiger partial charge in [0.1, 0.15) is 29.0 Å². The number of para-hydroxylation sites is 1. The summed E-state index contributed by atoms with van der Waals surface area (Å²) in [5, 5.41) is 2.94. The number of amides is 2. The molecule has 12 heteroatoms. The number of fused-ring (bicyclic) bond motifs is 1. The van der Waals surface area contributed by atoms with Crippen molar-refractivity contribution in [2.45, 2.75) is 18.9 Å². The largest absolute Gasteiger partial charge is 0.494 e. The molecule has 1 aliphatic rings. The number of benzene rings is 4. The van der Waals surface area contributed by atoms with Crippen molar-refractivity contribution in [3.63, 3.8) is 0 Å². The lowest BCUT2D eigenvalue weighted by molar-refractivity contribution is 0.114. The Labute approximate surface area is 262 Å². The third-order valence-electron chi connectivity index (χ3n) is 7.87. The Balaban J connectivity index is 1.59. The zero-order valence-corrected chi connectivity index (χ0v) is 25.5. The van der Waals surface area contributed by atoms with Crippen molar-refractivity contribution in [2.75, 3.05) is 43.4 Å². The third kappa shape index (κ3) is 5.67. The summed E-state index contributed by atoms with van der Waals surface area (Å²) >= 11 is 0. The Hall–Kier alpha value is -5.23. The predicted octanol–water partition coefficient (Wildman–Crippen LogP) is 8.12. The van der Waals surface area contributed by atoms with Gasteiger partial charge in [-0.25, -0.2) is 27.8 Å². The number of nitrogens with zero attached hydrogens (tertiary/aromatic N) is 2. The van der Waals surface area contributed by atoms with Gasteiger partial charge in [0, 0.05) is 59.3 Å². The summed E-state index contributed by atoms with van der Waals surface area (Å²) in [6.45, 7) is 0.